The summed E-state index contributed by atoms with van der Waals surface area (Å²) in [5.41, 5.74) is 0. The van der Waals surface area contributed by atoms with Gasteiger partial charge in [-0.05, 0) is 12.8 Å². The van der Waals surface area contributed by atoms with E-state index in [4.69, 9.17) is 71.1 Å². The molecule has 0 radical (unpaired) electrons. The van der Waals surface area contributed by atoms with E-state index in [9.17, 15) is 115 Å². The Morgan fingerprint density at radius 1 is 0.291 bits per heavy atom. The van der Waals surface area contributed by atoms with Crippen LogP contribution < -0.4 is 29.6 Å². The van der Waals surface area contributed by atoms with Crippen molar-refractivity contribution in [3.63, 3.8) is 0 Å². The van der Waals surface area contributed by atoms with Gasteiger partial charge in [0.1, 0.15) is 171 Å². The van der Waals surface area contributed by atoms with Gasteiger partial charge in [0.15, 0.2) is 44.0 Å². The summed E-state index contributed by atoms with van der Waals surface area (Å²) in [7, 11) is -4.62. The van der Waals surface area contributed by atoms with Crippen molar-refractivity contribution in [1.82, 2.24) is 0 Å². The summed E-state index contributed by atoms with van der Waals surface area (Å²) < 4.78 is 120. The third-order valence-corrected chi connectivity index (χ3v) is 16.6. The zero-order valence-corrected chi connectivity index (χ0v) is 48.5. The van der Waals surface area contributed by atoms with E-state index in [0.29, 0.717) is 0 Å². The number of rotatable bonds is 13. The molecule has 21 saturated heterocycles. The first-order valence-corrected chi connectivity index (χ1v) is 28.7. The summed E-state index contributed by atoms with van der Waals surface area (Å²) in [5.74, 6) is -0.760. The van der Waals surface area contributed by atoms with E-state index in [-0.39, 0.29) is 49.0 Å². The minimum absolute atomic E-state index is 0. The molecule has 86 heavy (non-hydrogen) atoms. The van der Waals surface area contributed by atoms with Gasteiger partial charge in [-0.2, -0.15) is 0 Å². The third-order valence-electron chi connectivity index (χ3n) is 15.8. The van der Waals surface area contributed by atoms with E-state index in [2.05, 4.69) is 0 Å². The summed E-state index contributed by atoms with van der Waals surface area (Å²) in [6.45, 7) is -7.40. The van der Waals surface area contributed by atoms with Crippen molar-refractivity contribution in [2.45, 2.75) is 228 Å². The maximum absolute atomic E-state index is 11.7. The van der Waals surface area contributed by atoms with Crippen molar-refractivity contribution in [3.8, 4) is 0 Å². The molecule has 38 nitrogen and oxygen atoms in total. The molecule has 35 atom stereocenters. The van der Waals surface area contributed by atoms with Gasteiger partial charge in [0.2, 0.25) is 0 Å². The van der Waals surface area contributed by atoms with Gasteiger partial charge in [-0.1, -0.05) is 0 Å². The molecule has 20 N–H and O–H groups in total. The van der Waals surface area contributed by atoms with E-state index in [1.54, 1.807) is 0 Å². The monoisotopic (exact) mass is 1290 g/mol. The Labute approximate surface area is 510 Å². The molecule has 21 aliphatic heterocycles. The molecular weight excluding hydrogens is 1220 g/mol. The first kappa shape index (κ1) is 72.9. The van der Waals surface area contributed by atoms with Crippen molar-refractivity contribution in [2.24, 2.45) is 0 Å². The normalized spacial score (nSPS) is 50.9. The van der Waals surface area contributed by atoms with E-state index >= 15 is 0 Å². The van der Waals surface area contributed by atoms with E-state index in [1.165, 1.54) is 0 Å². The third kappa shape index (κ3) is 15.8. The summed E-state index contributed by atoms with van der Waals surface area (Å²) in [6, 6.07) is 0. The van der Waals surface area contributed by atoms with Crippen molar-refractivity contribution in [1.29, 1.82) is 0 Å². The van der Waals surface area contributed by atoms with E-state index in [1.807, 2.05) is 0 Å². The fourth-order valence-corrected chi connectivity index (χ4v) is 11.6. The Kier molecular flexibility index (Phi) is 26.8. The molecule has 14 bridgehead atoms. The van der Waals surface area contributed by atoms with Gasteiger partial charge in [-0.15, -0.1) is 0 Å². The number of hydrogen-bond acceptors (Lipinski definition) is 38. The van der Waals surface area contributed by atoms with Crippen LogP contribution in [0.25, 0.3) is 0 Å². The summed E-state index contributed by atoms with van der Waals surface area (Å²) >= 11 is 0. The molecule has 21 heterocycles. The van der Waals surface area contributed by atoms with Crippen LogP contribution in [0.15, 0.2) is 0 Å². The number of aliphatic hydroxyl groups excluding tert-OH is 20. The van der Waals surface area contributed by atoms with Crippen molar-refractivity contribution in [2.75, 3.05) is 58.6 Å². The number of aliphatic hydroxyl groups is 20. The Hall–Kier alpha value is -0.490. The van der Waals surface area contributed by atoms with Crippen molar-refractivity contribution >= 4 is 10.1 Å². The average molecular weight is 1290 g/mol. The zero-order chi connectivity index (χ0) is 62.1. The standard InChI is InChI=1S/C46H78O38S.Na/c47-5-12-33-20(54)27(61)41(72-12)80-35-14(7-49)74-43(29(63)22(35)56)82-37-16(9-51)76-45(31(65)24(37)58)84-39-18(11-70-3-1-2-4-85(67,68)69)77-46(32(66)25(39)59)83-38-17(10-52)75-44(30(64)23(38)57)81-36-15(8-50)73-42(28(62)21(36)55)79-34-13(6-48)71-40(78-33)26(60)19(34)53;/h12-66H,1-11H2,(H,67,68,69);/q;+1/p-1/t12-,13-,14-,15-,16-,17-,18-,19-,20-,21-,22-,23-,24-,25-,26-,27-,28-,29-,30-,31-,32-,33-,34-,35-,36-,37-,38-,39-,40-,41-,42-,43-,44-,45-,46-;/m1./s1. The Morgan fingerprint density at radius 3 is 0.663 bits per heavy atom. The van der Waals surface area contributed by atoms with Crippen LogP contribution in [0.5, 0.6) is 0 Å². The first-order chi connectivity index (χ1) is 40.3. The fraction of sp³-hybridized carbons (Fsp3) is 1.00. The van der Waals surface area contributed by atoms with Crippen LogP contribution in [-0.2, 0) is 81.2 Å². The molecule has 0 amide bonds. The van der Waals surface area contributed by atoms with Crippen LogP contribution in [0.3, 0.4) is 0 Å². The molecule has 21 aliphatic rings. The second-order valence-corrected chi connectivity index (χ2v) is 23.0. The molecule has 21 rings (SSSR count). The van der Waals surface area contributed by atoms with Gasteiger partial charge >= 0.3 is 29.6 Å². The maximum Gasteiger partial charge on any atom is 1.00 e. The van der Waals surface area contributed by atoms with Crippen molar-refractivity contribution in [3.05, 3.63) is 0 Å². The Balaban J connectivity index is 0.0000106. The van der Waals surface area contributed by atoms with Gasteiger partial charge in [-0.25, -0.2) is 8.42 Å². The van der Waals surface area contributed by atoms with E-state index < -0.39 is 277 Å². The molecule has 21 fully saturated rings. The quantitative estimate of drug-likeness (QED) is 0.0462. The minimum atomic E-state index is -4.62. The van der Waals surface area contributed by atoms with Gasteiger partial charge < -0.3 is 178 Å². The van der Waals surface area contributed by atoms with Gasteiger partial charge in [0.25, 0.3) is 0 Å². The molecule has 0 spiro atoms. The first-order valence-electron chi connectivity index (χ1n) is 27.2. The minimum Gasteiger partial charge on any atom is -0.748 e. The Bertz CT molecular complexity index is 2150. The molecule has 0 saturated carbocycles. The summed E-state index contributed by atoms with van der Waals surface area (Å²) in [6.07, 6.45) is -71.7. The molecule has 0 aliphatic carbocycles. The molecule has 496 valence electrons. The van der Waals surface area contributed by atoms with Crippen LogP contribution in [-0.4, -0.2) is 389 Å². The number of hydrogen-bond donors (Lipinski definition) is 20. The largest absolute Gasteiger partial charge is 1.00 e. The van der Waals surface area contributed by atoms with Crippen LogP contribution >= 0.6 is 0 Å². The molecule has 0 aromatic heterocycles. The van der Waals surface area contributed by atoms with Crippen LogP contribution in [0.2, 0.25) is 0 Å². The summed E-state index contributed by atoms with van der Waals surface area (Å²) in [5, 5.41) is 222. The van der Waals surface area contributed by atoms with Crippen LogP contribution in [0.4, 0.5) is 0 Å². The van der Waals surface area contributed by atoms with Gasteiger partial charge in [0.05, 0.1) is 56.4 Å². The topological polar surface area (TPSA) is 600 Å². The predicted octanol–water partition coefficient (Wildman–Crippen LogP) is -17.9. The van der Waals surface area contributed by atoms with Gasteiger partial charge in [-0.3, -0.25) is 0 Å². The predicted molar refractivity (Wildman–Crippen MR) is 256 cm³/mol. The molecule has 40 heteroatoms. The summed E-state index contributed by atoms with van der Waals surface area (Å²) in [4.78, 5) is 0. The zero-order valence-electron chi connectivity index (χ0n) is 45.7. The number of ether oxygens (including phenoxy) is 15. The average Bonchev–Trinajstić information content (AvgIpc) is 2.40. The van der Waals surface area contributed by atoms with E-state index in [0.717, 1.165) is 0 Å². The molecule has 0 aromatic carbocycles. The fourth-order valence-electron chi connectivity index (χ4n) is 11.1. The maximum atomic E-state index is 11.7. The number of unbranched alkanes of at least 4 members (excludes halogenated alkanes) is 1. The Morgan fingerprint density at radius 2 is 0.477 bits per heavy atom. The van der Waals surface area contributed by atoms with Gasteiger partial charge in [0, 0.05) is 12.4 Å². The molecular formula is C46H77NaO38S. The second-order valence-electron chi connectivity index (χ2n) is 21.5. The van der Waals surface area contributed by atoms with Crippen LogP contribution in [0.1, 0.15) is 12.8 Å². The second kappa shape index (κ2) is 31.6. The van der Waals surface area contributed by atoms with Crippen molar-refractivity contribution < 1.29 is 216 Å². The molecule has 0 aromatic rings. The van der Waals surface area contributed by atoms with Crippen LogP contribution in [0, 0.1) is 0 Å². The SMILES string of the molecule is O=S(=O)([O-])CCCCOC[C@H]1O[C@@H]2O[C@H]3[C@H](O)[C@@H](O)[C@@H](O[C@H]4[C@H](O)[C@@H](O)[C@@H](O[C@H]5[C@H](O)[C@@H](O)[C@@H](O[C@H]6[C@H](O)[C@@H](O)[C@@H](O[C@H]7[C@H](O)[C@@H](O)[C@@H](O[C@H]8[C@H](O)[C@@H](O)[C@@H](O[C@H]1[C@H](O)[C@H]2O)O[C@@H]8CO)O[C@@H]7CO)O[C@@H]6CO)O[C@@H]5CO)O[C@@H]4CO)O[C@@H]3CO.[Na+]. The molecule has 0 unspecified atom stereocenters. The smallest absolute Gasteiger partial charge is 0.748 e.